The Bertz CT molecular complexity index is 688. The number of piperazine rings is 1. The lowest BCUT2D eigenvalue weighted by Crippen LogP contribution is -2.59. The van der Waals surface area contributed by atoms with Gasteiger partial charge in [0.1, 0.15) is 11.3 Å². The standard InChI is InChI=1S/C19H28N2O6/c1-19(2,3)15-10-20(6-7-21(15)18(24)25)13-8-12(11-22)16(17(23)27-5)14(9-13)26-4/h8-9,15,22H,6-7,10-11H2,1-5H3,(H,24,25). The van der Waals surface area contributed by atoms with E-state index in [1.54, 1.807) is 12.1 Å². The largest absolute Gasteiger partial charge is 0.496 e. The van der Waals surface area contributed by atoms with E-state index >= 15 is 0 Å². The summed E-state index contributed by atoms with van der Waals surface area (Å²) in [6, 6.07) is 3.25. The van der Waals surface area contributed by atoms with E-state index in [0.29, 0.717) is 30.9 Å². The second kappa shape index (κ2) is 8.04. The Morgan fingerprint density at radius 1 is 1.22 bits per heavy atom. The fourth-order valence-corrected chi connectivity index (χ4v) is 3.45. The molecule has 0 aliphatic carbocycles. The van der Waals surface area contributed by atoms with Crippen molar-refractivity contribution in [1.29, 1.82) is 0 Å². The Morgan fingerprint density at radius 2 is 1.89 bits per heavy atom. The fraction of sp³-hybridized carbons (Fsp3) is 0.579. The molecule has 0 spiro atoms. The predicted molar refractivity (Wildman–Crippen MR) is 100 cm³/mol. The lowest BCUT2D eigenvalue weighted by molar-refractivity contribution is 0.0593. The number of ether oxygens (including phenoxy) is 2. The predicted octanol–water partition coefficient (Wildman–Crippen LogP) is 2.19. The van der Waals surface area contributed by atoms with E-state index in [4.69, 9.17) is 9.47 Å². The van der Waals surface area contributed by atoms with Gasteiger partial charge in [-0.2, -0.15) is 0 Å². The first-order chi connectivity index (χ1) is 12.6. The monoisotopic (exact) mass is 380 g/mol. The van der Waals surface area contributed by atoms with Crippen LogP contribution in [-0.2, 0) is 11.3 Å². The summed E-state index contributed by atoms with van der Waals surface area (Å²) in [6.45, 7) is 7.07. The number of aliphatic hydroxyl groups is 1. The molecule has 8 nitrogen and oxygen atoms in total. The van der Waals surface area contributed by atoms with Gasteiger partial charge in [0.15, 0.2) is 0 Å². The minimum absolute atomic E-state index is 0.197. The van der Waals surface area contributed by atoms with Crippen LogP contribution in [0.25, 0.3) is 0 Å². The first-order valence-corrected chi connectivity index (χ1v) is 8.78. The third-order valence-electron chi connectivity index (χ3n) is 4.94. The van der Waals surface area contributed by atoms with E-state index in [1.807, 2.05) is 20.8 Å². The van der Waals surface area contributed by atoms with E-state index in [9.17, 15) is 19.8 Å². The lowest BCUT2D eigenvalue weighted by Gasteiger charge is -2.46. The number of hydrogen-bond acceptors (Lipinski definition) is 6. The van der Waals surface area contributed by atoms with Crippen molar-refractivity contribution in [2.45, 2.75) is 33.4 Å². The molecular weight excluding hydrogens is 352 g/mol. The van der Waals surface area contributed by atoms with E-state index in [-0.39, 0.29) is 23.6 Å². The Labute approximate surface area is 159 Å². The number of esters is 1. The van der Waals surface area contributed by atoms with Crippen molar-refractivity contribution >= 4 is 17.7 Å². The molecule has 1 saturated heterocycles. The number of carbonyl (C=O) groups is 2. The molecular formula is C19H28N2O6. The van der Waals surface area contributed by atoms with Gasteiger partial charge in [0.25, 0.3) is 0 Å². The van der Waals surface area contributed by atoms with E-state index in [0.717, 1.165) is 5.69 Å². The minimum Gasteiger partial charge on any atom is -0.496 e. The van der Waals surface area contributed by atoms with Crippen LogP contribution < -0.4 is 9.64 Å². The molecule has 0 bridgehead atoms. The van der Waals surface area contributed by atoms with Crippen LogP contribution in [0.4, 0.5) is 10.5 Å². The average molecular weight is 380 g/mol. The Balaban J connectivity index is 2.43. The van der Waals surface area contributed by atoms with Gasteiger partial charge in [-0.05, 0) is 17.0 Å². The summed E-state index contributed by atoms with van der Waals surface area (Å²) in [5, 5.41) is 19.3. The number of amides is 1. The maximum Gasteiger partial charge on any atom is 0.407 e. The Hall–Kier alpha value is -2.48. The normalized spacial score (nSPS) is 17.6. The van der Waals surface area contributed by atoms with Crippen LogP contribution in [0.1, 0.15) is 36.7 Å². The number of rotatable bonds is 4. The van der Waals surface area contributed by atoms with Crippen molar-refractivity contribution in [3.05, 3.63) is 23.3 Å². The molecule has 2 rings (SSSR count). The molecule has 1 heterocycles. The number of nitrogens with zero attached hydrogens (tertiary/aromatic N) is 2. The van der Waals surface area contributed by atoms with Crippen molar-refractivity contribution in [1.82, 2.24) is 4.90 Å². The Morgan fingerprint density at radius 3 is 2.37 bits per heavy atom. The van der Waals surface area contributed by atoms with Gasteiger partial charge in [-0.3, -0.25) is 0 Å². The summed E-state index contributed by atoms with van der Waals surface area (Å²) >= 11 is 0. The summed E-state index contributed by atoms with van der Waals surface area (Å²) in [5.41, 5.74) is 1.13. The van der Waals surface area contributed by atoms with Crippen LogP contribution in [0.2, 0.25) is 0 Å². The van der Waals surface area contributed by atoms with Crippen LogP contribution in [0, 0.1) is 5.41 Å². The molecule has 0 radical (unpaired) electrons. The molecule has 1 fully saturated rings. The van der Waals surface area contributed by atoms with Crippen LogP contribution in [0.15, 0.2) is 12.1 Å². The van der Waals surface area contributed by atoms with Gasteiger partial charge in [-0.1, -0.05) is 20.8 Å². The molecule has 0 saturated carbocycles. The molecule has 27 heavy (non-hydrogen) atoms. The number of hydrogen-bond donors (Lipinski definition) is 2. The number of carboxylic acid groups (broad SMARTS) is 1. The summed E-state index contributed by atoms with van der Waals surface area (Å²) in [4.78, 5) is 27.2. The third-order valence-corrected chi connectivity index (χ3v) is 4.94. The van der Waals surface area contributed by atoms with E-state index in [2.05, 4.69) is 4.90 Å². The van der Waals surface area contributed by atoms with Crippen molar-refractivity contribution < 1.29 is 29.3 Å². The molecule has 1 amide bonds. The van der Waals surface area contributed by atoms with Crippen molar-refractivity contribution in [3.63, 3.8) is 0 Å². The molecule has 2 N–H and O–H groups in total. The van der Waals surface area contributed by atoms with Gasteiger partial charge in [-0.15, -0.1) is 0 Å². The molecule has 1 aliphatic heterocycles. The van der Waals surface area contributed by atoms with Crippen LogP contribution in [0.3, 0.4) is 0 Å². The van der Waals surface area contributed by atoms with E-state index < -0.39 is 12.1 Å². The third kappa shape index (κ3) is 4.27. The molecule has 1 aliphatic rings. The molecule has 8 heteroatoms. The first-order valence-electron chi connectivity index (χ1n) is 8.78. The topological polar surface area (TPSA) is 99.5 Å². The zero-order valence-corrected chi connectivity index (χ0v) is 16.5. The molecule has 1 aromatic rings. The highest BCUT2D eigenvalue weighted by atomic mass is 16.5. The smallest absolute Gasteiger partial charge is 0.407 e. The number of aliphatic hydroxyl groups excluding tert-OH is 1. The van der Waals surface area contributed by atoms with E-state index in [1.165, 1.54) is 19.1 Å². The van der Waals surface area contributed by atoms with Crippen molar-refractivity contribution in [3.8, 4) is 5.75 Å². The van der Waals surface area contributed by atoms with Crippen molar-refractivity contribution in [2.24, 2.45) is 5.41 Å². The highest BCUT2D eigenvalue weighted by molar-refractivity contribution is 5.95. The number of carbonyl (C=O) groups excluding carboxylic acids is 1. The first kappa shape index (κ1) is 20.8. The summed E-state index contributed by atoms with van der Waals surface area (Å²) in [5.74, 6) is -0.262. The number of methoxy groups -OCH3 is 2. The summed E-state index contributed by atoms with van der Waals surface area (Å²) in [7, 11) is 2.73. The molecule has 0 aromatic heterocycles. The maximum atomic E-state index is 12.1. The maximum absolute atomic E-state index is 12.1. The quantitative estimate of drug-likeness (QED) is 0.773. The minimum atomic E-state index is -0.927. The van der Waals surface area contributed by atoms with Gasteiger partial charge in [0.2, 0.25) is 0 Å². The zero-order chi connectivity index (χ0) is 20.4. The second-order valence-corrected chi connectivity index (χ2v) is 7.64. The lowest BCUT2D eigenvalue weighted by atomic mass is 9.84. The number of anilines is 1. The van der Waals surface area contributed by atoms with Gasteiger partial charge in [0, 0.05) is 31.4 Å². The Kier molecular flexibility index (Phi) is 6.20. The fourth-order valence-electron chi connectivity index (χ4n) is 3.45. The van der Waals surface area contributed by atoms with Crippen LogP contribution in [-0.4, -0.2) is 67.1 Å². The molecule has 150 valence electrons. The summed E-state index contributed by atoms with van der Waals surface area (Å²) in [6.07, 6.45) is -0.927. The molecule has 1 unspecified atom stereocenters. The van der Waals surface area contributed by atoms with Gasteiger partial charge in [0.05, 0.1) is 26.9 Å². The SMILES string of the molecule is COC(=O)c1c(CO)cc(N2CCN(C(=O)O)C(C(C)(C)C)C2)cc1OC. The molecule has 1 aromatic carbocycles. The van der Waals surface area contributed by atoms with Crippen LogP contribution >= 0.6 is 0 Å². The molecule has 1 atom stereocenters. The van der Waals surface area contributed by atoms with Crippen molar-refractivity contribution in [2.75, 3.05) is 38.8 Å². The van der Waals surface area contributed by atoms with Gasteiger partial charge < -0.3 is 29.5 Å². The van der Waals surface area contributed by atoms with Gasteiger partial charge >= 0.3 is 12.1 Å². The second-order valence-electron chi connectivity index (χ2n) is 7.64. The highest BCUT2D eigenvalue weighted by Gasteiger charge is 2.38. The average Bonchev–Trinajstić information content (AvgIpc) is 2.64. The summed E-state index contributed by atoms with van der Waals surface area (Å²) < 4.78 is 10.1. The van der Waals surface area contributed by atoms with Crippen LogP contribution in [0.5, 0.6) is 5.75 Å². The number of benzene rings is 1. The van der Waals surface area contributed by atoms with Gasteiger partial charge in [-0.25, -0.2) is 9.59 Å². The highest BCUT2D eigenvalue weighted by Crippen LogP contribution is 2.34. The zero-order valence-electron chi connectivity index (χ0n) is 16.5.